The van der Waals surface area contributed by atoms with E-state index in [4.69, 9.17) is 0 Å². The van der Waals surface area contributed by atoms with E-state index >= 15 is 0 Å². The number of hydrogen-bond donors (Lipinski definition) is 0. The summed E-state index contributed by atoms with van der Waals surface area (Å²) in [5, 5.41) is 0. The standard InChI is InChI=1S/C16H27N2O2/c1-11-9-12(2)14-13(10-11)15(19)17(16(14)20)7-6-8-18(3,4)5/h9,12-14H,6-8,10H2,1-5H3/q+1/t12?,13-,14-/m1/s1. The zero-order valence-electron chi connectivity index (χ0n) is 13.3. The topological polar surface area (TPSA) is 37.4 Å². The summed E-state index contributed by atoms with van der Waals surface area (Å²) in [6.07, 6.45) is 3.79. The fraction of sp³-hybridized carbons (Fsp3) is 0.750. The lowest BCUT2D eigenvalue weighted by atomic mass is 9.76. The highest BCUT2D eigenvalue weighted by Crippen LogP contribution is 2.40. The van der Waals surface area contributed by atoms with Crippen molar-refractivity contribution < 1.29 is 14.1 Å². The Kier molecular flexibility index (Phi) is 4.05. The van der Waals surface area contributed by atoms with Gasteiger partial charge in [-0.3, -0.25) is 14.5 Å². The van der Waals surface area contributed by atoms with Crippen molar-refractivity contribution in [2.75, 3.05) is 34.2 Å². The third-order valence-electron chi connectivity index (χ3n) is 4.43. The van der Waals surface area contributed by atoms with Gasteiger partial charge in [-0.1, -0.05) is 18.6 Å². The minimum absolute atomic E-state index is 0.0534. The van der Waals surface area contributed by atoms with Crippen LogP contribution < -0.4 is 0 Å². The first kappa shape index (κ1) is 15.2. The van der Waals surface area contributed by atoms with Crippen LogP contribution in [0.3, 0.4) is 0 Å². The van der Waals surface area contributed by atoms with Crippen LogP contribution in [0.2, 0.25) is 0 Å². The molecular weight excluding hydrogens is 252 g/mol. The predicted molar refractivity (Wildman–Crippen MR) is 78.8 cm³/mol. The molecule has 2 aliphatic rings. The molecule has 4 nitrogen and oxygen atoms in total. The normalized spacial score (nSPS) is 30.6. The first-order valence-electron chi connectivity index (χ1n) is 7.53. The smallest absolute Gasteiger partial charge is 0.233 e. The average Bonchev–Trinajstić information content (AvgIpc) is 2.52. The predicted octanol–water partition coefficient (Wildman–Crippen LogP) is 1.67. The molecule has 1 unspecified atom stereocenters. The maximum atomic E-state index is 12.5. The molecule has 1 aliphatic heterocycles. The Labute approximate surface area is 122 Å². The van der Waals surface area contributed by atoms with Crippen molar-refractivity contribution in [3.8, 4) is 0 Å². The second-order valence-corrected chi connectivity index (χ2v) is 7.40. The SMILES string of the molecule is CC1=CC(C)[C@H]2C(=O)N(CCC[N+](C)(C)C)C(=O)[C@@H]2C1. The Morgan fingerprint density at radius 1 is 1.25 bits per heavy atom. The van der Waals surface area contributed by atoms with Crippen LogP contribution in [0, 0.1) is 17.8 Å². The van der Waals surface area contributed by atoms with Crippen LogP contribution in [-0.4, -0.2) is 55.4 Å². The number of carbonyl (C=O) groups is 2. The van der Waals surface area contributed by atoms with Gasteiger partial charge in [0.05, 0.1) is 39.5 Å². The molecule has 0 aromatic carbocycles. The van der Waals surface area contributed by atoms with E-state index < -0.39 is 0 Å². The lowest BCUT2D eigenvalue weighted by molar-refractivity contribution is -0.870. The van der Waals surface area contributed by atoms with Crippen molar-refractivity contribution in [3.63, 3.8) is 0 Å². The second kappa shape index (κ2) is 5.32. The highest BCUT2D eigenvalue weighted by Gasteiger charge is 2.50. The summed E-state index contributed by atoms with van der Waals surface area (Å²) in [6.45, 7) is 5.66. The molecule has 2 amide bonds. The minimum atomic E-state index is -0.115. The van der Waals surface area contributed by atoms with Crippen LogP contribution in [0.15, 0.2) is 11.6 Å². The van der Waals surface area contributed by atoms with Gasteiger partial charge in [0.2, 0.25) is 11.8 Å². The number of imide groups is 1. The van der Waals surface area contributed by atoms with Gasteiger partial charge in [0.1, 0.15) is 0 Å². The number of nitrogens with zero attached hydrogens (tertiary/aromatic N) is 2. The summed E-state index contributed by atoms with van der Waals surface area (Å²) in [5.74, 6) is 0.0777. The van der Waals surface area contributed by atoms with Gasteiger partial charge < -0.3 is 4.48 Å². The van der Waals surface area contributed by atoms with Gasteiger partial charge in [-0.05, 0) is 19.3 Å². The van der Waals surface area contributed by atoms with Crippen molar-refractivity contribution in [2.45, 2.75) is 26.7 Å². The van der Waals surface area contributed by atoms with Crippen LogP contribution in [0.4, 0.5) is 0 Å². The molecule has 0 spiro atoms. The summed E-state index contributed by atoms with van der Waals surface area (Å²) < 4.78 is 0.861. The monoisotopic (exact) mass is 279 g/mol. The number of carbonyl (C=O) groups excluding carboxylic acids is 2. The van der Waals surface area contributed by atoms with E-state index in [-0.39, 0.29) is 29.6 Å². The average molecular weight is 279 g/mol. The van der Waals surface area contributed by atoms with Gasteiger partial charge in [-0.15, -0.1) is 0 Å². The number of hydrogen-bond acceptors (Lipinski definition) is 2. The molecule has 0 aromatic heterocycles. The third kappa shape index (κ3) is 2.95. The van der Waals surface area contributed by atoms with Crippen LogP contribution in [-0.2, 0) is 9.59 Å². The minimum Gasteiger partial charge on any atom is -0.331 e. The lowest BCUT2D eigenvalue weighted by Gasteiger charge is -2.25. The summed E-state index contributed by atoms with van der Waals surface area (Å²) in [5.41, 5.74) is 1.24. The van der Waals surface area contributed by atoms with Crippen molar-refractivity contribution >= 4 is 11.8 Å². The molecule has 2 rings (SSSR count). The van der Waals surface area contributed by atoms with Gasteiger partial charge in [0.25, 0.3) is 0 Å². The maximum absolute atomic E-state index is 12.5. The van der Waals surface area contributed by atoms with Gasteiger partial charge in [-0.2, -0.15) is 0 Å². The molecule has 4 heteroatoms. The van der Waals surface area contributed by atoms with Gasteiger partial charge >= 0.3 is 0 Å². The van der Waals surface area contributed by atoms with E-state index in [0.29, 0.717) is 6.54 Å². The molecular formula is C16H27N2O2+. The number of rotatable bonds is 4. The van der Waals surface area contributed by atoms with Gasteiger partial charge in [-0.25, -0.2) is 0 Å². The molecule has 0 bridgehead atoms. The summed E-state index contributed by atoms with van der Waals surface area (Å²) in [4.78, 5) is 26.5. The third-order valence-corrected chi connectivity index (χ3v) is 4.43. The molecule has 20 heavy (non-hydrogen) atoms. The summed E-state index contributed by atoms with van der Waals surface area (Å²) >= 11 is 0. The van der Waals surface area contributed by atoms with Crippen molar-refractivity contribution in [2.24, 2.45) is 17.8 Å². The first-order valence-corrected chi connectivity index (χ1v) is 7.53. The highest BCUT2D eigenvalue weighted by atomic mass is 16.2. The number of fused-ring (bicyclic) bond motifs is 1. The van der Waals surface area contributed by atoms with E-state index in [1.54, 1.807) is 0 Å². The molecule has 0 saturated carbocycles. The zero-order valence-corrected chi connectivity index (χ0v) is 13.3. The molecule has 1 heterocycles. The molecule has 1 fully saturated rings. The molecule has 0 aromatic rings. The van der Waals surface area contributed by atoms with E-state index in [1.807, 2.05) is 0 Å². The molecule has 0 radical (unpaired) electrons. The van der Waals surface area contributed by atoms with Crippen molar-refractivity contribution in [3.05, 3.63) is 11.6 Å². The Hall–Kier alpha value is -1.16. The highest BCUT2D eigenvalue weighted by molar-refractivity contribution is 6.05. The molecule has 3 atom stereocenters. The molecule has 112 valence electrons. The van der Waals surface area contributed by atoms with Crippen LogP contribution in [0.5, 0.6) is 0 Å². The van der Waals surface area contributed by atoms with E-state index in [0.717, 1.165) is 23.9 Å². The van der Waals surface area contributed by atoms with Gasteiger partial charge in [0.15, 0.2) is 0 Å². The Bertz CT molecular complexity index is 448. The fourth-order valence-electron chi connectivity index (χ4n) is 3.51. The quantitative estimate of drug-likeness (QED) is 0.446. The van der Waals surface area contributed by atoms with Crippen LogP contribution >= 0.6 is 0 Å². The van der Waals surface area contributed by atoms with Crippen molar-refractivity contribution in [1.82, 2.24) is 4.90 Å². The largest absolute Gasteiger partial charge is 0.331 e. The number of likely N-dealkylation sites (tertiary alicyclic amines) is 1. The Morgan fingerprint density at radius 2 is 1.90 bits per heavy atom. The number of allylic oxidation sites excluding steroid dienone is 2. The molecule has 0 N–H and O–H groups in total. The van der Waals surface area contributed by atoms with Gasteiger partial charge in [0, 0.05) is 13.0 Å². The number of quaternary nitrogens is 1. The molecule has 1 aliphatic carbocycles. The Balaban J connectivity index is 2.04. The lowest BCUT2D eigenvalue weighted by Crippen LogP contribution is -2.39. The molecule has 1 saturated heterocycles. The fourth-order valence-corrected chi connectivity index (χ4v) is 3.51. The van der Waals surface area contributed by atoms with Crippen molar-refractivity contribution in [1.29, 1.82) is 0 Å². The van der Waals surface area contributed by atoms with Crippen LogP contribution in [0.1, 0.15) is 26.7 Å². The summed E-state index contributed by atoms with van der Waals surface area (Å²) in [7, 11) is 6.38. The second-order valence-electron chi connectivity index (χ2n) is 7.40. The first-order chi connectivity index (χ1) is 9.20. The maximum Gasteiger partial charge on any atom is 0.233 e. The summed E-state index contributed by atoms with van der Waals surface area (Å²) in [6, 6.07) is 0. The van der Waals surface area contributed by atoms with E-state index in [2.05, 4.69) is 41.1 Å². The van der Waals surface area contributed by atoms with Crippen LogP contribution in [0.25, 0.3) is 0 Å². The van der Waals surface area contributed by atoms with E-state index in [9.17, 15) is 9.59 Å². The Morgan fingerprint density at radius 3 is 2.50 bits per heavy atom. The zero-order chi connectivity index (χ0) is 15.1. The van der Waals surface area contributed by atoms with E-state index in [1.165, 1.54) is 10.5 Å². The number of amides is 2.